The van der Waals surface area contributed by atoms with Gasteiger partial charge in [-0.2, -0.15) is 10.4 Å². The van der Waals surface area contributed by atoms with Crippen LogP contribution in [0.3, 0.4) is 0 Å². The molecule has 0 amide bonds. The Morgan fingerprint density at radius 3 is 2.62 bits per heavy atom. The highest BCUT2D eigenvalue weighted by atomic mass is 16.1. The summed E-state index contributed by atoms with van der Waals surface area (Å²) >= 11 is 0. The summed E-state index contributed by atoms with van der Waals surface area (Å²) in [6.07, 6.45) is 0. The van der Waals surface area contributed by atoms with Gasteiger partial charge in [0.1, 0.15) is 11.8 Å². The van der Waals surface area contributed by atoms with Crippen molar-refractivity contribution < 1.29 is 4.79 Å². The van der Waals surface area contributed by atoms with Crippen molar-refractivity contribution >= 4 is 5.78 Å². The van der Waals surface area contributed by atoms with Gasteiger partial charge in [0, 0.05) is 13.0 Å². The quantitative estimate of drug-likeness (QED) is 0.713. The molecule has 0 unspecified atom stereocenters. The predicted octanol–water partition coefficient (Wildman–Crippen LogP) is 1.95. The molecule has 0 aliphatic rings. The van der Waals surface area contributed by atoms with Crippen molar-refractivity contribution in [1.29, 1.82) is 5.26 Å². The molecule has 78 valence electrons. The number of hydrogen-bond acceptors (Lipinski definition) is 3. The molecule has 0 aliphatic carbocycles. The average Bonchev–Trinajstić information content (AvgIpc) is 2.74. The van der Waals surface area contributed by atoms with E-state index in [0.717, 1.165) is 5.69 Å². The van der Waals surface area contributed by atoms with Crippen molar-refractivity contribution in [2.75, 3.05) is 0 Å². The van der Waals surface area contributed by atoms with E-state index in [9.17, 15) is 4.79 Å². The molecule has 0 spiro atoms. The summed E-state index contributed by atoms with van der Waals surface area (Å²) in [7, 11) is 0. The van der Waals surface area contributed by atoms with Crippen molar-refractivity contribution in [3.63, 3.8) is 0 Å². The summed E-state index contributed by atoms with van der Waals surface area (Å²) in [5.41, 5.74) is 1.44. The van der Waals surface area contributed by atoms with Crippen LogP contribution in [0.1, 0.15) is 23.1 Å². The molecule has 4 heteroatoms. The Bertz CT molecular complexity index is 564. The molecule has 0 aliphatic heterocycles. The molecule has 1 heterocycles. The maximum absolute atomic E-state index is 11.4. The average molecular weight is 211 g/mol. The van der Waals surface area contributed by atoms with E-state index in [1.807, 2.05) is 36.4 Å². The van der Waals surface area contributed by atoms with Crippen LogP contribution >= 0.6 is 0 Å². The van der Waals surface area contributed by atoms with E-state index in [4.69, 9.17) is 5.26 Å². The van der Waals surface area contributed by atoms with Crippen molar-refractivity contribution in [3.8, 4) is 11.8 Å². The molecule has 1 aromatic heterocycles. The minimum Gasteiger partial charge on any atom is -0.293 e. The van der Waals surface area contributed by atoms with Gasteiger partial charge in [0.05, 0.1) is 5.69 Å². The lowest BCUT2D eigenvalue weighted by atomic mass is 10.2. The monoisotopic (exact) mass is 211 g/mol. The number of Topliss-reactive ketones (excluding diaryl/α,β-unsaturated/α-hetero) is 1. The molecule has 0 saturated heterocycles. The van der Waals surface area contributed by atoms with Gasteiger partial charge >= 0.3 is 0 Å². The smallest absolute Gasteiger partial charge is 0.178 e. The van der Waals surface area contributed by atoms with E-state index >= 15 is 0 Å². The number of aromatic nitrogens is 2. The summed E-state index contributed by atoms with van der Waals surface area (Å²) in [5.74, 6) is -0.113. The molecule has 16 heavy (non-hydrogen) atoms. The maximum Gasteiger partial charge on any atom is 0.178 e. The van der Waals surface area contributed by atoms with Crippen LogP contribution < -0.4 is 0 Å². The fourth-order valence-corrected chi connectivity index (χ4v) is 1.45. The van der Waals surface area contributed by atoms with E-state index in [-0.39, 0.29) is 11.5 Å². The van der Waals surface area contributed by atoms with Crippen molar-refractivity contribution in [1.82, 2.24) is 9.78 Å². The van der Waals surface area contributed by atoms with Crippen LogP contribution in [-0.2, 0) is 0 Å². The summed E-state index contributed by atoms with van der Waals surface area (Å²) in [4.78, 5) is 11.4. The normalized spacial score (nSPS) is 9.75. The van der Waals surface area contributed by atoms with Gasteiger partial charge in [-0.3, -0.25) is 4.79 Å². The van der Waals surface area contributed by atoms with Gasteiger partial charge in [0.15, 0.2) is 11.5 Å². The molecule has 0 saturated carbocycles. The molecule has 4 nitrogen and oxygen atoms in total. The first-order chi connectivity index (χ1) is 7.72. The first kappa shape index (κ1) is 10.1. The maximum atomic E-state index is 11.4. The Hall–Kier alpha value is -2.41. The lowest BCUT2D eigenvalue weighted by Crippen LogP contribution is -2.05. The molecule has 2 aromatic rings. The van der Waals surface area contributed by atoms with Crippen molar-refractivity contribution in [2.45, 2.75) is 6.92 Å². The Labute approximate surface area is 92.7 Å². The van der Waals surface area contributed by atoms with Gasteiger partial charge in [0.25, 0.3) is 0 Å². The highest BCUT2D eigenvalue weighted by Crippen LogP contribution is 2.12. The Balaban J connectivity index is 2.61. The number of hydrogen-bond donors (Lipinski definition) is 0. The Kier molecular flexibility index (Phi) is 2.52. The minimum atomic E-state index is -0.113. The number of nitrogens with zero attached hydrogens (tertiary/aromatic N) is 3. The zero-order valence-electron chi connectivity index (χ0n) is 8.71. The zero-order chi connectivity index (χ0) is 11.5. The molecular weight excluding hydrogens is 202 g/mol. The number of benzene rings is 1. The third kappa shape index (κ3) is 1.71. The van der Waals surface area contributed by atoms with E-state index < -0.39 is 0 Å². The summed E-state index contributed by atoms with van der Waals surface area (Å²) in [5, 5.41) is 12.8. The molecule has 0 radical (unpaired) electrons. The minimum absolute atomic E-state index is 0.113. The van der Waals surface area contributed by atoms with Gasteiger partial charge in [-0.15, -0.1) is 0 Å². The van der Waals surface area contributed by atoms with E-state index in [2.05, 4.69) is 5.10 Å². The van der Waals surface area contributed by atoms with Gasteiger partial charge in [-0.25, -0.2) is 4.68 Å². The fourth-order valence-electron chi connectivity index (χ4n) is 1.45. The van der Waals surface area contributed by atoms with E-state index in [1.54, 1.807) is 0 Å². The molecule has 0 atom stereocenters. The molecule has 2 rings (SSSR count). The van der Waals surface area contributed by atoms with Crippen LogP contribution in [0.2, 0.25) is 0 Å². The van der Waals surface area contributed by atoms with Crippen LogP contribution in [-0.4, -0.2) is 15.6 Å². The second-order valence-electron chi connectivity index (χ2n) is 3.33. The fraction of sp³-hybridized carbons (Fsp3) is 0.0833. The van der Waals surface area contributed by atoms with Crippen LogP contribution in [0, 0.1) is 11.3 Å². The van der Waals surface area contributed by atoms with Crippen molar-refractivity contribution in [2.24, 2.45) is 0 Å². The third-order valence-electron chi connectivity index (χ3n) is 2.19. The first-order valence-corrected chi connectivity index (χ1v) is 4.79. The molecule has 1 aromatic carbocycles. The van der Waals surface area contributed by atoms with Crippen LogP contribution in [0.5, 0.6) is 0 Å². The number of para-hydroxylation sites is 1. The van der Waals surface area contributed by atoms with Gasteiger partial charge < -0.3 is 0 Å². The molecule has 0 bridgehead atoms. The second kappa shape index (κ2) is 3.99. The highest BCUT2D eigenvalue weighted by Gasteiger charge is 2.12. The third-order valence-corrected chi connectivity index (χ3v) is 2.19. The highest BCUT2D eigenvalue weighted by molar-refractivity contribution is 5.93. The van der Waals surface area contributed by atoms with Gasteiger partial charge in [-0.05, 0) is 12.1 Å². The topological polar surface area (TPSA) is 58.7 Å². The number of nitriles is 1. The van der Waals surface area contributed by atoms with E-state index in [0.29, 0.717) is 5.69 Å². The summed E-state index contributed by atoms with van der Waals surface area (Å²) < 4.78 is 1.49. The lowest BCUT2D eigenvalue weighted by Gasteiger charge is -2.03. The standard InChI is InChI=1S/C12H9N3O/c1-9(16)12-7-10(8-13)14-15(12)11-5-3-2-4-6-11/h2-7H,1H3. The number of rotatable bonds is 2. The zero-order valence-corrected chi connectivity index (χ0v) is 8.71. The van der Waals surface area contributed by atoms with E-state index in [1.165, 1.54) is 17.7 Å². The van der Waals surface area contributed by atoms with Crippen molar-refractivity contribution in [3.05, 3.63) is 47.8 Å². The number of carbonyl (C=O) groups is 1. The Morgan fingerprint density at radius 2 is 2.06 bits per heavy atom. The largest absolute Gasteiger partial charge is 0.293 e. The summed E-state index contributed by atoms with van der Waals surface area (Å²) in [6.45, 7) is 1.46. The SMILES string of the molecule is CC(=O)c1cc(C#N)nn1-c1ccccc1. The van der Waals surface area contributed by atoms with Crippen LogP contribution in [0.25, 0.3) is 5.69 Å². The molecule has 0 N–H and O–H groups in total. The van der Waals surface area contributed by atoms with Crippen LogP contribution in [0.4, 0.5) is 0 Å². The Morgan fingerprint density at radius 1 is 1.38 bits per heavy atom. The number of carbonyl (C=O) groups excluding carboxylic acids is 1. The second-order valence-corrected chi connectivity index (χ2v) is 3.33. The summed E-state index contributed by atoms with van der Waals surface area (Å²) in [6, 6.07) is 12.7. The number of ketones is 1. The lowest BCUT2D eigenvalue weighted by molar-refractivity contribution is 0.101. The van der Waals surface area contributed by atoms with Crippen LogP contribution in [0.15, 0.2) is 36.4 Å². The first-order valence-electron chi connectivity index (χ1n) is 4.79. The molecular formula is C12H9N3O. The molecule has 0 fully saturated rings. The van der Waals surface area contributed by atoms with Gasteiger partial charge in [0.2, 0.25) is 0 Å². The predicted molar refractivity (Wildman–Crippen MR) is 58.3 cm³/mol. The van der Waals surface area contributed by atoms with Gasteiger partial charge in [-0.1, -0.05) is 18.2 Å².